The van der Waals surface area contributed by atoms with Crippen molar-refractivity contribution in [1.29, 1.82) is 0 Å². The highest BCUT2D eigenvalue weighted by Gasteiger charge is 2.30. The zero-order valence-electron chi connectivity index (χ0n) is 8.57. The maximum absolute atomic E-state index is 12.5. The van der Waals surface area contributed by atoms with Crippen LogP contribution in [0.1, 0.15) is 5.56 Å². The summed E-state index contributed by atoms with van der Waals surface area (Å²) in [4.78, 5) is 7.67. The first kappa shape index (κ1) is 11.4. The maximum Gasteiger partial charge on any atom is 0.416 e. The van der Waals surface area contributed by atoms with Crippen molar-refractivity contribution >= 4 is 5.82 Å². The fraction of sp³-hybridized carbons (Fsp3) is 0.0909. The third kappa shape index (κ3) is 2.35. The summed E-state index contributed by atoms with van der Waals surface area (Å²) in [7, 11) is 0. The van der Waals surface area contributed by atoms with Crippen LogP contribution in [0.3, 0.4) is 0 Å². The van der Waals surface area contributed by atoms with E-state index in [1.807, 2.05) is 0 Å². The first-order chi connectivity index (χ1) is 7.98. The summed E-state index contributed by atoms with van der Waals surface area (Å²) in [5.74, 6) is 0.152. The highest BCUT2D eigenvalue weighted by atomic mass is 19.4. The number of aromatic nitrogens is 2. The van der Waals surface area contributed by atoms with Crippen LogP contribution in [0.15, 0.2) is 36.7 Å². The Kier molecular flexibility index (Phi) is 2.71. The van der Waals surface area contributed by atoms with E-state index in [-0.39, 0.29) is 11.5 Å². The number of nitrogen functional groups attached to an aromatic ring is 1. The first-order valence-corrected chi connectivity index (χ1v) is 4.72. The molecule has 0 amide bonds. The van der Waals surface area contributed by atoms with Gasteiger partial charge in [-0.15, -0.1) is 0 Å². The van der Waals surface area contributed by atoms with Crippen molar-refractivity contribution in [2.75, 3.05) is 5.73 Å². The average molecular weight is 239 g/mol. The third-order valence-electron chi connectivity index (χ3n) is 2.20. The Morgan fingerprint density at radius 3 is 2.47 bits per heavy atom. The summed E-state index contributed by atoms with van der Waals surface area (Å²) < 4.78 is 37.5. The van der Waals surface area contributed by atoms with Gasteiger partial charge in [-0.3, -0.25) is 4.98 Å². The Balaban J connectivity index is 2.51. The van der Waals surface area contributed by atoms with Crippen molar-refractivity contribution in [2.24, 2.45) is 0 Å². The minimum atomic E-state index is -4.39. The molecule has 0 aliphatic rings. The number of halogens is 3. The van der Waals surface area contributed by atoms with Crippen molar-refractivity contribution in [2.45, 2.75) is 6.18 Å². The summed E-state index contributed by atoms with van der Waals surface area (Å²) in [5, 5.41) is 0. The van der Waals surface area contributed by atoms with Gasteiger partial charge in [0.15, 0.2) is 0 Å². The van der Waals surface area contributed by atoms with Crippen LogP contribution in [0.5, 0.6) is 0 Å². The normalized spacial score (nSPS) is 11.5. The SMILES string of the molecule is Nc1ncccc1-c1cc(C(F)(F)F)ccn1. The molecule has 17 heavy (non-hydrogen) atoms. The van der Waals surface area contributed by atoms with Crippen LogP contribution in [0.25, 0.3) is 11.3 Å². The predicted octanol–water partition coefficient (Wildman–Crippen LogP) is 2.74. The molecule has 2 aromatic rings. The molecule has 2 aromatic heterocycles. The molecule has 0 atom stereocenters. The fourth-order valence-corrected chi connectivity index (χ4v) is 1.39. The molecule has 0 saturated carbocycles. The smallest absolute Gasteiger partial charge is 0.383 e. The van der Waals surface area contributed by atoms with Gasteiger partial charge in [0.1, 0.15) is 5.82 Å². The van der Waals surface area contributed by atoms with Crippen LogP contribution < -0.4 is 5.73 Å². The Morgan fingerprint density at radius 1 is 1.06 bits per heavy atom. The lowest BCUT2D eigenvalue weighted by Crippen LogP contribution is -2.05. The van der Waals surface area contributed by atoms with Crippen LogP contribution in [0.4, 0.5) is 19.0 Å². The van der Waals surface area contributed by atoms with Crippen molar-refractivity contribution in [3.05, 3.63) is 42.2 Å². The first-order valence-electron chi connectivity index (χ1n) is 4.72. The largest absolute Gasteiger partial charge is 0.416 e. The van der Waals surface area contributed by atoms with Gasteiger partial charge in [0, 0.05) is 18.0 Å². The molecule has 0 fully saturated rings. The average Bonchev–Trinajstić information content (AvgIpc) is 2.29. The highest BCUT2D eigenvalue weighted by Crippen LogP contribution is 2.31. The van der Waals surface area contributed by atoms with Gasteiger partial charge in [-0.05, 0) is 24.3 Å². The van der Waals surface area contributed by atoms with Crippen molar-refractivity contribution in [1.82, 2.24) is 9.97 Å². The second kappa shape index (κ2) is 4.04. The Hall–Kier alpha value is -2.11. The Morgan fingerprint density at radius 2 is 1.82 bits per heavy atom. The van der Waals surface area contributed by atoms with E-state index in [1.54, 1.807) is 12.1 Å². The van der Waals surface area contributed by atoms with Crippen LogP contribution in [0.2, 0.25) is 0 Å². The number of rotatable bonds is 1. The molecule has 0 unspecified atom stereocenters. The van der Waals surface area contributed by atoms with Crippen molar-refractivity contribution < 1.29 is 13.2 Å². The number of pyridine rings is 2. The summed E-state index contributed by atoms with van der Waals surface area (Å²) in [6, 6.07) is 5.03. The lowest BCUT2D eigenvalue weighted by molar-refractivity contribution is -0.137. The zero-order chi connectivity index (χ0) is 12.5. The monoisotopic (exact) mass is 239 g/mol. The summed E-state index contributed by atoms with van der Waals surface area (Å²) in [5.41, 5.74) is 5.37. The summed E-state index contributed by atoms with van der Waals surface area (Å²) in [6.07, 6.45) is -1.83. The second-order valence-electron chi connectivity index (χ2n) is 3.36. The molecule has 0 radical (unpaired) electrons. The second-order valence-corrected chi connectivity index (χ2v) is 3.36. The standard InChI is InChI=1S/C11H8F3N3/c12-11(13,14)7-3-5-16-9(6-7)8-2-1-4-17-10(8)15/h1-6H,(H2,15,17). The molecule has 2 rings (SSSR count). The van der Waals surface area contributed by atoms with E-state index in [0.29, 0.717) is 5.56 Å². The highest BCUT2D eigenvalue weighted by molar-refractivity contribution is 5.70. The molecule has 0 aromatic carbocycles. The van der Waals surface area contributed by atoms with Crippen LogP contribution >= 0.6 is 0 Å². The van der Waals surface area contributed by atoms with Gasteiger partial charge in [0.2, 0.25) is 0 Å². The van der Waals surface area contributed by atoms with E-state index in [0.717, 1.165) is 18.3 Å². The number of hydrogen-bond donors (Lipinski definition) is 1. The fourth-order valence-electron chi connectivity index (χ4n) is 1.39. The van der Waals surface area contributed by atoms with Gasteiger partial charge < -0.3 is 5.73 Å². The van der Waals surface area contributed by atoms with E-state index < -0.39 is 11.7 Å². The molecular formula is C11H8F3N3. The van der Waals surface area contributed by atoms with E-state index in [9.17, 15) is 13.2 Å². The number of anilines is 1. The minimum Gasteiger partial charge on any atom is -0.383 e. The number of nitrogens with zero attached hydrogens (tertiary/aromatic N) is 2. The molecule has 6 heteroatoms. The van der Waals surface area contributed by atoms with Gasteiger partial charge in [-0.1, -0.05) is 0 Å². The van der Waals surface area contributed by atoms with Gasteiger partial charge in [0.05, 0.1) is 11.3 Å². The number of nitrogens with two attached hydrogens (primary N) is 1. The van der Waals surface area contributed by atoms with Gasteiger partial charge in [0.25, 0.3) is 0 Å². The number of alkyl halides is 3. The predicted molar refractivity (Wildman–Crippen MR) is 56.9 cm³/mol. The zero-order valence-corrected chi connectivity index (χ0v) is 8.57. The molecule has 0 aliphatic heterocycles. The van der Waals surface area contributed by atoms with Crippen molar-refractivity contribution in [3.8, 4) is 11.3 Å². The third-order valence-corrected chi connectivity index (χ3v) is 2.20. The Bertz CT molecular complexity index is 537. The van der Waals surface area contributed by atoms with Crippen LogP contribution in [-0.4, -0.2) is 9.97 Å². The molecule has 0 saturated heterocycles. The lowest BCUT2D eigenvalue weighted by atomic mass is 10.1. The van der Waals surface area contributed by atoms with Gasteiger partial charge in [-0.25, -0.2) is 4.98 Å². The molecule has 0 bridgehead atoms. The molecule has 2 N–H and O–H groups in total. The molecule has 0 spiro atoms. The summed E-state index contributed by atoms with van der Waals surface area (Å²) in [6.45, 7) is 0. The quantitative estimate of drug-likeness (QED) is 0.832. The lowest BCUT2D eigenvalue weighted by Gasteiger charge is -2.08. The molecule has 0 aliphatic carbocycles. The van der Waals surface area contributed by atoms with Crippen LogP contribution in [0, 0.1) is 0 Å². The topological polar surface area (TPSA) is 51.8 Å². The van der Waals surface area contributed by atoms with Gasteiger partial charge >= 0.3 is 6.18 Å². The minimum absolute atomic E-state index is 0.152. The molecular weight excluding hydrogens is 231 g/mol. The molecule has 88 valence electrons. The van der Waals surface area contributed by atoms with Gasteiger partial charge in [-0.2, -0.15) is 13.2 Å². The molecule has 3 nitrogen and oxygen atoms in total. The van der Waals surface area contributed by atoms with Crippen molar-refractivity contribution in [3.63, 3.8) is 0 Å². The number of hydrogen-bond acceptors (Lipinski definition) is 3. The van der Waals surface area contributed by atoms with E-state index in [1.165, 1.54) is 6.20 Å². The van der Waals surface area contributed by atoms with Crippen LogP contribution in [-0.2, 0) is 6.18 Å². The van der Waals surface area contributed by atoms with E-state index in [4.69, 9.17) is 5.73 Å². The Labute approximate surface area is 95.1 Å². The van der Waals surface area contributed by atoms with E-state index >= 15 is 0 Å². The summed E-state index contributed by atoms with van der Waals surface area (Å²) >= 11 is 0. The molecule has 2 heterocycles. The van der Waals surface area contributed by atoms with E-state index in [2.05, 4.69) is 9.97 Å². The maximum atomic E-state index is 12.5.